The monoisotopic (exact) mass is 200 g/mol. The maximum absolute atomic E-state index is 12.6. The van der Waals surface area contributed by atoms with Gasteiger partial charge >= 0.3 is 0 Å². The van der Waals surface area contributed by atoms with Crippen LogP contribution in [-0.2, 0) is 13.0 Å². The van der Waals surface area contributed by atoms with Crippen molar-refractivity contribution in [2.24, 2.45) is 0 Å². The fourth-order valence-corrected chi connectivity index (χ4v) is 1.40. The summed E-state index contributed by atoms with van der Waals surface area (Å²) in [7, 11) is 0. The lowest BCUT2D eigenvalue weighted by Crippen LogP contribution is -2.02. The average molecular weight is 200 g/mol. The van der Waals surface area contributed by atoms with Gasteiger partial charge in [0.15, 0.2) is 0 Å². The van der Waals surface area contributed by atoms with E-state index in [0.29, 0.717) is 13.0 Å². The molecule has 0 spiro atoms. The number of fused-ring (bicyclic) bond motifs is 1. The van der Waals surface area contributed by atoms with Crippen LogP contribution in [0.15, 0.2) is 6.07 Å². The zero-order valence-corrected chi connectivity index (χ0v) is 9.84. The van der Waals surface area contributed by atoms with Gasteiger partial charge in [-0.1, -0.05) is 27.7 Å². The molecule has 14 heavy (non-hydrogen) atoms. The smallest absolute Gasteiger partial charge is 0.125 e. The first kappa shape index (κ1) is 13.1. The topological polar surface area (TPSA) is 17.8 Å². The Bertz CT molecular complexity index is 232. The van der Waals surface area contributed by atoms with Gasteiger partial charge in [-0.15, -0.1) is 0 Å². The van der Waals surface area contributed by atoms with Gasteiger partial charge < -0.3 is 0 Å². The molecule has 0 aliphatic carbocycles. The molecular weight excluding hydrogens is 179 g/mol. The lowest BCUT2D eigenvalue weighted by Gasteiger charge is -1.92. The third kappa shape index (κ3) is 3.13. The quantitative estimate of drug-likeness (QED) is 0.629. The van der Waals surface area contributed by atoms with Crippen LogP contribution in [0.5, 0.6) is 0 Å². The van der Waals surface area contributed by atoms with E-state index < -0.39 is 6.17 Å². The Labute approximate surface area is 86.1 Å². The van der Waals surface area contributed by atoms with Crippen LogP contribution >= 0.6 is 0 Å². The van der Waals surface area contributed by atoms with Gasteiger partial charge in [0.2, 0.25) is 0 Å². The molecule has 0 aromatic carbocycles. The van der Waals surface area contributed by atoms with Crippen molar-refractivity contribution in [2.45, 2.75) is 53.8 Å². The maximum atomic E-state index is 12.6. The highest BCUT2D eigenvalue weighted by Crippen LogP contribution is 2.17. The molecule has 1 atom stereocenters. The number of hydrogen-bond acceptors (Lipinski definition) is 1. The van der Waals surface area contributed by atoms with E-state index in [1.54, 1.807) is 4.68 Å². The van der Waals surface area contributed by atoms with Gasteiger partial charge in [-0.25, -0.2) is 4.39 Å². The van der Waals surface area contributed by atoms with Gasteiger partial charge in [0.05, 0.1) is 12.2 Å². The zero-order valence-electron chi connectivity index (χ0n) is 9.84. The van der Waals surface area contributed by atoms with E-state index in [-0.39, 0.29) is 0 Å². The molecular formula is C11H21FN2. The summed E-state index contributed by atoms with van der Waals surface area (Å²) in [5.41, 5.74) is 2.02. The largest absolute Gasteiger partial charge is 0.266 e. The van der Waals surface area contributed by atoms with E-state index in [4.69, 9.17) is 0 Å². The van der Waals surface area contributed by atoms with Crippen molar-refractivity contribution in [1.29, 1.82) is 0 Å². The summed E-state index contributed by atoms with van der Waals surface area (Å²) in [6.45, 7) is 10.4. The average Bonchev–Trinajstić information content (AvgIpc) is 2.67. The van der Waals surface area contributed by atoms with Gasteiger partial charge in [-0.05, 0) is 13.0 Å². The summed E-state index contributed by atoms with van der Waals surface area (Å²) in [6, 6.07) is 1.94. The molecule has 0 bridgehead atoms. The summed E-state index contributed by atoms with van der Waals surface area (Å²) in [5, 5.41) is 4.12. The highest BCUT2D eigenvalue weighted by molar-refractivity contribution is 5.13. The van der Waals surface area contributed by atoms with Crippen LogP contribution in [0.1, 0.15) is 39.1 Å². The Morgan fingerprint density at radius 3 is 2.43 bits per heavy atom. The summed E-state index contributed by atoms with van der Waals surface area (Å²) < 4.78 is 14.4. The number of rotatable bonds is 0. The second-order valence-corrected chi connectivity index (χ2v) is 2.76. The minimum Gasteiger partial charge on any atom is -0.266 e. The summed E-state index contributed by atoms with van der Waals surface area (Å²) in [5.74, 6) is 0. The van der Waals surface area contributed by atoms with Crippen LogP contribution in [0.25, 0.3) is 0 Å². The van der Waals surface area contributed by atoms with Crippen LogP contribution in [0.3, 0.4) is 0 Å². The lowest BCUT2D eigenvalue weighted by atomic mass is 10.2. The molecule has 0 amide bonds. The number of nitrogens with zero attached hydrogens (tertiary/aromatic N) is 2. The Kier molecular flexibility index (Phi) is 6.17. The van der Waals surface area contributed by atoms with Crippen molar-refractivity contribution < 1.29 is 4.39 Å². The number of aryl methyl sites for hydroxylation is 1. The van der Waals surface area contributed by atoms with Crippen LogP contribution < -0.4 is 0 Å². The first-order valence-corrected chi connectivity index (χ1v) is 5.43. The van der Waals surface area contributed by atoms with Crippen LogP contribution in [-0.4, -0.2) is 16.0 Å². The van der Waals surface area contributed by atoms with E-state index >= 15 is 0 Å². The van der Waals surface area contributed by atoms with Crippen molar-refractivity contribution in [2.75, 3.05) is 0 Å². The molecule has 0 radical (unpaired) electrons. The Balaban J connectivity index is 0.000000379. The Hall–Kier alpha value is -0.860. The van der Waals surface area contributed by atoms with Crippen LogP contribution in [0.4, 0.5) is 4.39 Å². The molecule has 2 rings (SSSR count). The zero-order chi connectivity index (χ0) is 11.1. The fourth-order valence-electron chi connectivity index (χ4n) is 1.40. The van der Waals surface area contributed by atoms with Gasteiger partial charge in [0.25, 0.3) is 0 Å². The molecule has 0 N–H and O–H groups in total. The lowest BCUT2D eigenvalue weighted by molar-refractivity contribution is 0.322. The van der Waals surface area contributed by atoms with Crippen molar-refractivity contribution in [3.63, 3.8) is 0 Å². The summed E-state index contributed by atoms with van der Waals surface area (Å²) in [4.78, 5) is 0. The number of hydrogen-bond donors (Lipinski definition) is 0. The standard InChI is InChI=1S/C7H9FN2.2C2H6/c1-5-2-7-3-6(8)4-10(7)9-5;2*1-2/h2,6H,3-4H2,1H3;2*1-2H3. The molecule has 1 aromatic heterocycles. The Morgan fingerprint density at radius 2 is 1.93 bits per heavy atom. The molecule has 0 fully saturated rings. The second-order valence-electron chi connectivity index (χ2n) is 2.76. The molecule has 2 nitrogen and oxygen atoms in total. The highest BCUT2D eigenvalue weighted by Gasteiger charge is 2.21. The molecule has 1 aliphatic rings. The van der Waals surface area contributed by atoms with Gasteiger partial charge in [0.1, 0.15) is 6.17 Å². The first-order chi connectivity index (χ1) is 6.75. The van der Waals surface area contributed by atoms with E-state index in [1.807, 2.05) is 40.7 Å². The third-order valence-electron chi connectivity index (χ3n) is 1.79. The van der Waals surface area contributed by atoms with Crippen molar-refractivity contribution in [1.82, 2.24) is 9.78 Å². The second kappa shape index (κ2) is 6.57. The fraction of sp³-hybridized carbons (Fsp3) is 0.727. The van der Waals surface area contributed by atoms with E-state index in [2.05, 4.69) is 5.10 Å². The Morgan fingerprint density at radius 1 is 1.36 bits per heavy atom. The van der Waals surface area contributed by atoms with Crippen molar-refractivity contribution in [3.8, 4) is 0 Å². The third-order valence-corrected chi connectivity index (χ3v) is 1.79. The first-order valence-electron chi connectivity index (χ1n) is 5.43. The molecule has 82 valence electrons. The minimum absolute atomic E-state index is 0.448. The van der Waals surface area contributed by atoms with Gasteiger partial charge in [-0.3, -0.25) is 4.68 Å². The molecule has 1 unspecified atom stereocenters. The van der Waals surface area contributed by atoms with Crippen LogP contribution in [0.2, 0.25) is 0 Å². The molecule has 1 aromatic rings. The minimum atomic E-state index is -0.705. The molecule has 0 saturated carbocycles. The molecule has 3 heteroatoms. The number of aromatic nitrogens is 2. The SMILES string of the molecule is CC.CC.Cc1cc2n(n1)CC(F)C2. The van der Waals surface area contributed by atoms with Gasteiger partial charge in [-0.2, -0.15) is 5.10 Å². The highest BCUT2D eigenvalue weighted by atomic mass is 19.1. The van der Waals surface area contributed by atoms with Crippen molar-refractivity contribution >= 4 is 0 Å². The van der Waals surface area contributed by atoms with Gasteiger partial charge in [0, 0.05) is 12.1 Å². The van der Waals surface area contributed by atoms with Crippen LogP contribution in [0, 0.1) is 6.92 Å². The number of halogens is 1. The maximum Gasteiger partial charge on any atom is 0.125 e. The van der Waals surface area contributed by atoms with E-state index in [0.717, 1.165) is 11.4 Å². The van der Waals surface area contributed by atoms with E-state index in [9.17, 15) is 4.39 Å². The summed E-state index contributed by atoms with van der Waals surface area (Å²) in [6.07, 6.45) is -0.163. The number of alkyl halides is 1. The molecule has 0 saturated heterocycles. The molecule has 1 aliphatic heterocycles. The normalized spacial score (nSPS) is 17.4. The summed E-state index contributed by atoms with van der Waals surface area (Å²) >= 11 is 0. The van der Waals surface area contributed by atoms with E-state index in [1.165, 1.54) is 0 Å². The molecule has 2 heterocycles. The predicted octanol–water partition coefficient (Wildman–Crippen LogP) is 3.14. The predicted molar refractivity (Wildman–Crippen MR) is 58.3 cm³/mol. The van der Waals surface area contributed by atoms with Crippen molar-refractivity contribution in [3.05, 3.63) is 17.5 Å².